The summed E-state index contributed by atoms with van der Waals surface area (Å²) < 4.78 is 0. The van der Waals surface area contributed by atoms with E-state index >= 15 is 0 Å². The monoisotopic (exact) mass is 187 g/mol. The highest BCUT2D eigenvalue weighted by Gasteiger charge is 2.47. The van der Waals surface area contributed by atoms with Gasteiger partial charge in [0, 0.05) is 0 Å². The zero-order valence-electron chi connectivity index (χ0n) is 9.81. The lowest BCUT2D eigenvalue weighted by Gasteiger charge is -2.32. The second-order valence-electron chi connectivity index (χ2n) is 5.64. The first-order valence-corrected chi connectivity index (χ1v) is 5.39. The van der Waals surface area contributed by atoms with E-state index in [-0.39, 0.29) is 5.41 Å². The molecule has 0 aliphatic heterocycles. The summed E-state index contributed by atoms with van der Waals surface area (Å²) in [5.74, 6) is 0.681. The normalized spacial score (nSPS) is 23.5. The summed E-state index contributed by atoms with van der Waals surface area (Å²) in [5.41, 5.74) is 3.58. The van der Waals surface area contributed by atoms with E-state index in [0.29, 0.717) is 11.3 Å². The number of benzene rings is 1. The molecule has 0 amide bonds. The lowest BCUT2D eigenvalue weighted by Crippen LogP contribution is -2.30. The molecular formula is C14H19. The molecule has 0 saturated carbocycles. The summed E-state index contributed by atoms with van der Waals surface area (Å²) in [4.78, 5) is 0. The predicted molar refractivity (Wildman–Crippen MR) is 60.5 cm³/mol. The SMILES string of the molecule is CC1C(C)(C)c2c[c]ccc2C1(C)C. The van der Waals surface area contributed by atoms with E-state index in [1.165, 1.54) is 11.1 Å². The van der Waals surface area contributed by atoms with E-state index in [4.69, 9.17) is 0 Å². The molecule has 0 heterocycles. The highest BCUT2D eigenvalue weighted by atomic mass is 14.5. The molecule has 75 valence electrons. The van der Waals surface area contributed by atoms with Gasteiger partial charge in [0.05, 0.1) is 0 Å². The van der Waals surface area contributed by atoms with Crippen molar-refractivity contribution in [3.63, 3.8) is 0 Å². The molecule has 0 spiro atoms. The van der Waals surface area contributed by atoms with Crippen LogP contribution in [0.4, 0.5) is 0 Å². The van der Waals surface area contributed by atoms with Crippen LogP contribution in [0.3, 0.4) is 0 Å². The molecule has 0 saturated heterocycles. The molecule has 0 bridgehead atoms. The fourth-order valence-corrected chi connectivity index (χ4v) is 2.89. The quantitative estimate of drug-likeness (QED) is 0.581. The van der Waals surface area contributed by atoms with E-state index < -0.39 is 0 Å². The minimum Gasteiger partial charge on any atom is -0.0608 e. The Bertz CT molecular complexity index is 323. The fourth-order valence-electron chi connectivity index (χ4n) is 2.89. The highest BCUT2D eigenvalue weighted by molar-refractivity contribution is 5.45. The molecule has 1 atom stereocenters. The molecule has 1 aromatic rings. The first-order chi connectivity index (χ1) is 6.38. The molecular weight excluding hydrogens is 168 g/mol. The van der Waals surface area contributed by atoms with Crippen molar-refractivity contribution < 1.29 is 0 Å². The number of fused-ring (bicyclic) bond motifs is 1. The van der Waals surface area contributed by atoms with Crippen LogP contribution < -0.4 is 0 Å². The predicted octanol–water partition coefficient (Wildman–Crippen LogP) is 3.69. The van der Waals surface area contributed by atoms with E-state index in [2.05, 4.69) is 52.8 Å². The fraction of sp³-hybridized carbons (Fsp3) is 0.571. The Morgan fingerprint density at radius 1 is 1.07 bits per heavy atom. The van der Waals surface area contributed by atoms with Crippen LogP contribution in [-0.2, 0) is 10.8 Å². The summed E-state index contributed by atoms with van der Waals surface area (Å²) in [7, 11) is 0. The average Bonchev–Trinajstić information content (AvgIpc) is 2.28. The van der Waals surface area contributed by atoms with Crippen LogP contribution in [0.1, 0.15) is 45.7 Å². The first kappa shape index (κ1) is 9.76. The minimum absolute atomic E-state index is 0.288. The summed E-state index contributed by atoms with van der Waals surface area (Å²) in [6.07, 6.45) is 0. The van der Waals surface area contributed by atoms with Crippen molar-refractivity contribution in [2.75, 3.05) is 0 Å². The molecule has 1 aliphatic rings. The van der Waals surface area contributed by atoms with Gasteiger partial charge in [-0.2, -0.15) is 0 Å². The summed E-state index contributed by atoms with van der Waals surface area (Å²) in [6, 6.07) is 9.65. The standard InChI is InChI=1S/C14H19/c1-10-13(2,3)11-8-6-7-9-12(11)14(10,4)5/h6,8-10H,1-5H3. The van der Waals surface area contributed by atoms with Crippen molar-refractivity contribution >= 4 is 0 Å². The van der Waals surface area contributed by atoms with Crippen LogP contribution in [0.2, 0.25) is 0 Å². The number of hydrogen-bond donors (Lipinski definition) is 0. The van der Waals surface area contributed by atoms with Crippen molar-refractivity contribution in [1.82, 2.24) is 0 Å². The third kappa shape index (κ3) is 1.00. The topological polar surface area (TPSA) is 0 Å². The molecule has 1 aliphatic carbocycles. The largest absolute Gasteiger partial charge is 0.0608 e. The molecule has 0 nitrogen and oxygen atoms in total. The van der Waals surface area contributed by atoms with Crippen molar-refractivity contribution in [2.24, 2.45) is 5.92 Å². The third-order valence-corrected chi connectivity index (χ3v) is 4.42. The maximum Gasteiger partial charge on any atom is -0.00665 e. The summed E-state index contributed by atoms with van der Waals surface area (Å²) in [5, 5.41) is 0. The lowest BCUT2D eigenvalue weighted by atomic mass is 9.71. The molecule has 0 heteroatoms. The molecule has 2 rings (SSSR count). The van der Waals surface area contributed by atoms with Gasteiger partial charge in [-0.05, 0) is 33.9 Å². The molecule has 0 fully saturated rings. The van der Waals surface area contributed by atoms with Crippen LogP contribution in [0.15, 0.2) is 18.2 Å². The van der Waals surface area contributed by atoms with Gasteiger partial charge in [-0.3, -0.25) is 0 Å². The molecule has 0 aromatic heterocycles. The van der Waals surface area contributed by atoms with Crippen LogP contribution in [0.25, 0.3) is 0 Å². The van der Waals surface area contributed by atoms with Gasteiger partial charge in [0.15, 0.2) is 0 Å². The number of hydrogen-bond acceptors (Lipinski definition) is 0. The Labute approximate surface area is 87.3 Å². The van der Waals surface area contributed by atoms with Gasteiger partial charge in [-0.25, -0.2) is 0 Å². The van der Waals surface area contributed by atoms with E-state index in [9.17, 15) is 0 Å². The zero-order chi connectivity index (χ0) is 10.6. The molecule has 14 heavy (non-hydrogen) atoms. The summed E-state index contributed by atoms with van der Waals surface area (Å²) in [6.45, 7) is 11.8. The first-order valence-electron chi connectivity index (χ1n) is 5.39. The maximum absolute atomic E-state index is 3.21. The Hall–Kier alpha value is -0.780. The van der Waals surface area contributed by atoms with Crippen LogP contribution in [0, 0.1) is 12.0 Å². The van der Waals surface area contributed by atoms with Crippen LogP contribution in [-0.4, -0.2) is 0 Å². The van der Waals surface area contributed by atoms with Gasteiger partial charge in [0.2, 0.25) is 0 Å². The minimum atomic E-state index is 0.288. The van der Waals surface area contributed by atoms with E-state index in [0.717, 1.165) is 0 Å². The van der Waals surface area contributed by atoms with Gasteiger partial charge < -0.3 is 0 Å². The van der Waals surface area contributed by atoms with Crippen molar-refractivity contribution in [1.29, 1.82) is 0 Å². The van der Waals surface area contributed by atoms with Gasteiger partial charge >= 0.3 is 0 Å². The second-order valence-corrected chi connectivity index (χ2v) is 5.64. The van der Waals surface area contributed by atoms with Gasteiger partial charge in [0.1, 0.15) is 0 Å². The third-order valence-electron chi connectivity index (χ3n) is 4.42. The lowest BCUT2D eigenvalue weighted by molar-refractivity contribution is 0.264. The molecule has 1 unspecified atom stereocenters. The Morgan fingerprint density at radius 3 is 2.21 bits per heavy atom. The number of rotatable bonds is 0. The van der Waals surface area contributed by atoms with Crippen molar-refractivity contribution in [3.8, 4) is 0 Å². The van der Waals surface area contributed by atoms with Crippen LogP contribution >= 0.6 is 0 Å². The maximum atomic E-state index is 3.21. The highest BCUT2D eigenvalue weighted by Crippen LogP contribution is 2.53. The Morgan fingerprint density at radius 2 is 1.64 bits per heavy atom. The Kier molecular flexibility index (Phi) is 1.83. The zero-order valence-corrected chi connectivity index (χ0v) is 9.81. The van der Waals surface area contributed by atoms with Crippen LogP contribution in [0.5, 0.6) is 0 Å². The smallest absolute Gasteiger partial charge is 0.00665 e. The van der Waals surface area contributed by atoms with Gasteiger partial charge in [-0.15, -0.1) is 0 Å². The van der Waals surface area contributed by atoms with Gasteiger partial charge in [0.25, 0.3) is 0 Å². The van der Waals surface area contributed by atoms with Gasteiger partial charge in [-0.1, -0.05) is 52.8 Å². The average molecular weight is 187 g/mol. The molecule has 1 radical (unpaired) electrons. The van der Waals surface area contributed by atoms with Crippen molar-refractivity contribution in [3.05, 3.63) is 35.4 Å². The second kappa shape index (κ2) is 2.62. The van der Waals surface area contributed by atoms with Crippen molar-refractivity contribution in [2.45, 2.75) is 45.4 Å². The van der Waals surface area contributed by atoms with E-state index in [1.807, 2.05) is 6.07 Å². The Balaban J connectivity index is 2.70. The summed E-state index contributed by atoms with van der Waals surface area (Å²) >= 11 is 0. The molecule has 0 N–H and O–H groups in total. The van der Waals surface area contributed by atoms with E-state index in [1.54, 1.807) is 0 Å². The molecule has 1 aromatic carbocycles.